The van der Waals surface area contributed by atoms with E-state index in [1.165, 1.54) is 12.1 Å². The Labute approximate surface area is 135 Å². The summed E-state index contributed by atoms with van der Waals surface area (Å²) in [7, 11) is -7.08. The van der Waals surface area contributed by atoms with E-state index >= 15 is 0 Å². The molecule has 0 aromatic heterocycles. The number of fused-ring (bicyclic) bond motifs is 1. The SMILES string of the molecule is C[C@@H]1C(=O)Nc2ccc(S(=O)(=O)N[C@@]3(C)CCS(=O)(=O)C3)cc21. The van der Waals surface area contributed by atoms with Crippen LogP contribution in [0.25, 0.3) is 0 Å². The van der Waals surface area contributed by atoms with E-state index in [0.717, 1.165) is 0 Å². The number of carbonyl (C=O) groups is 1. The number of sulfone groups is 1. The minimum Gasteiger partial charge on any atom is -0.325 e. The van der Waals surface area contributed by atoms with Crippen LogP contribution in [0.2, 0.25) is 0 Å². The minimum absolute atomic E-state index is 0.0222. The molecule has 2 aliphatic heterocycles. The summed E-state index contributed by atoms with van der Waals surface area (Å²) in [5.74, 6) is -0.814. The summed E-state index contributed by atoms with van der Waals surface area (Å²) in [5.41, 5.74) is 0.231. The molecule has 1 saturated heterocycles. The highest BCUT2D eigenvalue weighted by Crippen LogP contribution is 2.34. The Morgan fingerprint density at radius 3 is 2.65 bits per heavy atom. The highest BCUT2D eigenvalue weighted by molar-refractivity contribution is 7.92. The molecule has 23 heavy (non-hydrogen) atoms. The number of carbonyl (C=O) groups excluding carboxylic acids is 1. The molecule has 2 aliphatic rings. The van der Waals surface area contributed by atoms with Crippen molar-refractivity contribution in [2.24, 2.45) is 0 Å². The zero-order valence-corrected chi connectivity index (χ0v) is 14.4. The van der Waals surface area contributed by atoms with E-state index in [1.54, 1.807) is 19.9 Å². The summed E-state index contributed by atoms with van der Waals surface area (Å²) < 4.78 is 50.9. The molecule has 0 unspecified atom stereocenters. The van der Waals surface area contributed by atoms with Gasteiger partial charge in [-0.1, -0.05) is 0 Å². The van der Waals surface area contributed by atoms with Gasteiger partial charge in [0.15, 0.2) is 9.84 Å². The van der Waals surface area contributed by atoms with E-state index in [0.29, 0.717) is 11.3 Å². The molecular weight excluding hydrogens is 340 g/mol. The Morgan fingerprint density at radius 1 is 1.35 bits per heavy atom. The van der Waals surface area contributed by atoms with Crippen molar-refractivity contribution in [3.63, 3.8) is 0 Å². The first-order valence-corrected chi connectivity index (χ1v) is 10.5. The minimum atomic E-state index is -3.87. The van der Waals surface area contributed by atoms with Gasteiger partial charge in [-0.3, -0.25) is 4.79 Å². The maximum Gasteiger partial charge on any atom is 0.241 e. The average molecular weight is 358 g/mol. The molecule has 9 heteroatoms. The molecule has 1 amide bonds. The van der Waals surface area contributed by atoms with Gasteiger partial charge >= 0.3 is 0 Å². The van der Waals surface area contributed by atoms with Crippen LogP contribution in [-0.4, -0.2) is 39.8 Å². The van der Waals surface area contributed by atoms with E-state index in [9.17, 15) is 21.6 Å². The number of anilines is 1. The Balaban J connectivity index is 1.91. The van der Waals surface area contributed by atoms with Crippen LogP contribution in [0.15, 0.2) is 23.1 Å². The van der Waals surface area contributed by atoms with Gasteiger partial charge in [-0.25, -0.2) is 21.6 Å². The number of rotatable bonds is 3. The Hall–Kier alpha value is -1.45. The fourth-order valence-corrected chi connectivity index (χ4v) is 6.69. The predicted octanol–water partition coefficient (Wildman–Crippen LogP) is 0.598. The molecule has 0 radical (unpaired) electrons. The van der Waals surface area contributed by atoms with Crippen molar-refractivity contribution >= 4 is 31.5 Å². The zero-order chi connectivity index (χ0) is 17.0. The first kappa shape index (κ1) is 16.4. The largest absolute Gasteiger partial charge is 0.325 e. The number of hydrogen-bond donors (Lipinski definition) is 2. The first-order chi connectivity index (χ1) is 10.5. The lowest BCUT2D eigenvalue weighted by Crippen LogP contribution is -2.46. The molecule has 2 N–H and O–H groups in total. The van der Waals surface area contributed by atoms with Crippen molar-refractivity contribution in [2.45, 2.75) is 36.6 Å². The fourth-order valence-electron chi connectivity index (χ4n) is 3.04. The molecule has 2 heterocycles. The molecule has 1 aromatic carbocycles. The topological polar surface area (TPSA) is 109 Å². The zero-order valence-electron chi connectivity index (χ0n) is 12.8. The van der Waals surface area contributed by atoms with Crippen molar-refractivity contribution in [3.05, 3.63) is 23.8 Å². The third-order valence-electron chi connectivity index (χ3n) is 4.34. The van der Waals surface area contributed by atoms with Crippen LogP contribution in [-0.2, 0) is 24.7 Å². The smallest absolute Gasteiger partial charge is 0.241 e. The van der Waals surface area contributed by atoms with Gasteiger partial charge in [-0.15, -0.1) is 0 Å². The molecule has 1 aromatic rings. The summed E-state index contributed by atoms with van der Waals surface area (Å²) in [6.45, 7) is 3.30. The second kappa shape index (κ2) is 5.02. The van der Waals surface area contributed by atoms with Crippen LogP contribution in [0.3, 0.4) is 0 Å². The van der Waals surface area contributed by atoms with Gasteiger partial charge < -0.3 is 5.32 Å². The van der Waals surface area contributed by atoms with Gasteiger partial charge in [0.05, 0.1) is 22.3 Å². The Bertz CT molecular complexity index is 892. The van der Waals surface area contributed by atoms with E-state index in [-0.39, 0.29) is 28.7 Å². The van der Waals surface area contributed by atoms with Gasteiger partial charge in [0.1, 0.15) is 0 Å². The van der Waals surface area contributed by atoms with Crippen LogP contribution in [0, 0.1) is 0 Å². The molecule has 3 rings (SSSR count). The summed E-state index contributed by atoms with van der Waals surface area (Å²) >= 11 is 0. The third-order valence-corrected chi connectivity index (χ3v) is 7.87. The van der Waals surface area contributed by atoms with Crippen molar-refractivity contribution in [1.82, 2.24) is 4.72 Å². The number of nitrogens with one attached hydrogen (secondary N) is 2. The summed E-state index contributed by atoms with van der Waals surface area (Å²) in [5, 5.41) is 2.68. The van der Waals surface area contributed by atoms with Crippen molar-refractivity contribution in [1.29, 1.82) is 0 Å². The van der Waals surface area contributed by atoms with Gasteiger partial charge in [-0.05, 0) is 44.0 Å². The molecule has 2 atom stereocenters. The summed E-state index contributed by atoms with van der Waals surface area (Å²) in [6.07, 6.45) is 0.246. The van der Waals surface area contributed by atoms with Crippen molar-refractivity contribution < 1.29 is 21.6 Å². The van der Waals surface area contributed by atoms with Gasteiger partial charge in [0.2, 0.25) is 15.9 Å². The number of amides is 1. The van der Waals surface area contributed by atoms with Gasteiger partial charge in [0, 0.05) is 11.2 Å². The highest BCUT2D eigenvalue weighted by Gasteiger charge is 2.41. The Morgan fingerprint density at radius 2 is 2.04 bits per heavy atom. The molecular formula is C14H18N2O5S2. The molecule has 0 saturated carbocycles. The molecule has 7 nitrogen and oxygen atoms in total. The normalized spacial score (nSPS) is 29.3. The van der Waals surface area contributed by atoms with Crippen molar-refractivity contribution in [3.8, 4) is 0 Å². The van der Waals surface area contributed by atoms with Crippen LogP contribution in [0.5, 0.6) is 0 Å². The lowest BCUT2D eigenvalue weighted by molar-refractivity contribution is -0.116. The quantitative estimate of drug-likeness (QED) is 0.822. The molecule has 0 aliphatic carbocycles. The van der Waals surface area contributed by atoms with Gasteiger partial charge in [-0.2, -0.15) is 0 Å². The first-order valence-electron chi connectivity index (χ1n) is 7.21. The third kappa shape index (κ3) is 3.00. The lowest BCUT2D eigenvalue weighted by atomic mass is 10.0. The van der Waals surface area contributed by atoms with E-state index < -0.39 is 31.3 Å². The van der Waals surface area contributed by atoms with E-state index in [1.807, 2.05) is 0 Å². The highest BCUT2D eigenvalue weighted by atomic mass is 32.2. The summed E-state index contributed by atoms with van der Waals surface area (Å²) in [4.78, 5) is 11.7. The maximum atomic E-state index is 12.6. The van der Waals surface area contributed by atoms with E-state index in [2.05, 4.69) is 10.0 Å². The Kier molecular flexibility index (Phi) is 3.58. The molecule has 0 spiro atoms. The molecule has 0 bridgehead atoms. The number of sulfonamides is 1. The second-order valence-electron chi connectivity index (χ2n) is 6.47. The molecule has 126 valence electrons. The van der Waals surface area contributed by atoms with E-state index in [4.69, 9.17) is 0 Å². The fraction of sp³-hybridized carbons (Fsp3) is 0.500. The monoisotopic (exact) mass is 358 g/mol. The number of hydrogen-bond acceptors (Lipinski definition) is 5. The van der Waals surface area contributed by atoms with Gasteiger partial charge in [0.25, 0.3) is 0 Å². The predicted molar refractivity (Wildman–Crippen MR) is 85.5 cm³/mol. The molecule has 1 fully saturated rings. The average Bonchev–Trinajstić information content (AvgIpc) is 2.85. The second-order valence-corrected chi connectivity index (χ2v) is 10.3. The van der Waals surface area contributed by atoms with Crippen LogP contribution >= 0.6 is 0 Å². The van der Waals surface area contributed by atoms with Crippen LogP contribution in [0.1, 0.15) is 31.7 Å². The number of benzene rings is 1. The standard InChI is InChI=1S/C14H18N2O5S2/c1-9-11-7-10(3-4-12(11)15-13(9)17)23(20,21)16-14(2)5-6-22(18,19)8-14/h3-4,7,9,16H,5-6,8H2,1-2H3,(H,15,17)/t9-,14-/m0/s1. The van der Waals surface area contributed by atoms with Crippen molar-refractivity contribution in [2.75, 3.05) is 16.8 Å². The summed E-state index contributed by atoms with van der Waals surface area (Å²) in [6, 6.07) is 4.43. The van der Waals surface area contributed by atoms with Crippen LogP contribution < -0.4 is 10.0 Å². The lowest BCUT2D eigenvalue weighted by Gasteiger charge is -2.23. The maximum absolute atomic E-state index is 12.6. The van der Waals surface area contributed by atoms with Crippen LogP contribution in [0.4, 0.5) is 5.69 Å².